The number of nitrogens with two attached hydrogens (primary N) is 1. The van der Waals surface area contributed by atoms with Gasteiger partial charge in [0.2, 0.25) is 5.54 Å². The second-order valence-electron chi connectivity index (χ2n) is 8.98. The Labute approximate surface area is 200 Å². The number of ether oxygens (including phenoxy) is 3. The Bertz CT molecular complexity index is 870. The van der Waals surface area contributed by atoms with E-state index in [2.05, 4.69) is 5.32 Å². The van der Waals surface area contributed by atoms with E-state index in [9.17, 15) is 14.4 Å². The lowest BCUT2D eigenvalue weighted by Crippen LogP contribution is -2.56. The first kappa shape index (κ1) is 26.9. The van der Waals surface area contributed by atoms with Crippen LogP contribution >= 0.6 is 0 Å². The molecule has 0 aliphatic heterocycles. The van der Waals surface area contributed by atoms with Gasteiger partial charge in [-0.1, -0.05) is 60.7 Å². The Kier molecular flexibility index (Phi) is 10.1. The van der Waals surface area contributed by atoms with Crippen LogP contribution in [-0.4, -0.2) is 35.7 Å². The minimum atomic E-state index is -1.96. The van der Waals surface area contributed by atoms with Crippen LogP contribution in [0.1, 0.15) is 51.2 Å². The highest BCUT2D eigenvalue weighted by Crippen LogP contribution is 2.18. The number of carbonyl (C=O) groups is 3. The van der Waals surface area contributed by atoms with Gasteiger partial charge in [0.1, 0.15) is 18.8 Å². The molecule has 2 aromatic rings. The molecule has 34 heavy (non-hydrogen) atoms. The Balaban J connectivity index is 1.95. The van der Waals surface area contributed by atoms with E-state index in [4.69, 9.17) is 19.9 Å². The highest BCUT2D eigenvalue weighted by atomic mass is 16.6. The lowest BCUT2D eigenvalue weighted by Gasteiger charge is -2.25. The van der Waals surface area contributed by atoms with Gasteiger partial charge in [-0.15, -0.1) is 0 Å². The normalized spacial score (nSPS) is 11.4. The lowest BCUT2D eigenvalue weighted by molar-refractivity contribution is -0.166. The van der Waals surface area contributed by atoms with Crippen LogP contribution in [0.25, 0.3) is 0 Å². The standard InChI is InChI=1S/C26H34N2O6/c1-25(2,3)34-24(31)28-17-11-10-16-26(27,22(29)32-18-20-12-6-4-7-13-20)23(30)33-19-21-14-8-5-9-15-21/h4-9,12-15H,10-11,16-19,27H2,1-3H3,(H,28,31). The molecule has 8 heteroatoms. The van der Waals surface area contributed by atoms with Gasteiger partial charge in [-0.05, 0) is 51.2 Å². The zero-order chi connectivity index (χ0) is 25.0. The highest BCUT2D eigenvalue weighted by molar-refractivity contribution is 6.04. The Morgan fingerprint density at radius 3 is 1.71 bits per heavy atom. The molecule has 0 fully saturated rings. The number of alkyl carbamates (subject to hydrolysis) is 1. The summed E-state index contributed by atoms with van der Waals surface area (Å²) in [6.45, 7) is 5.62. The van der Waals surface area contributed by atoms with Crippen LogP contribution in [0.15, 0.2) is 60.7 Å². The van der Waals surface area contributed by atoms with Gasteiger partial charge in [0.25, 0.3) is 0 Å². The van der Waals surface area contributed by atoms with E-state index in [1.54, 1.807) is 20.8 Å². The van der Waals surface area contributed by atoms with Gasteiger partial charge in [-0.2, -0.15) is 0 Å². The molecule has 0 unspecified atom stereocenters. The van der Waals surface area contributed by atoms with Crippen molar-refractivity contribution in [2.45, 2.75) is 64.4 Å². The van der Waals surface area contributed by atoms with Crippen LogP contribution in [-0.2, 0) is 37.0 Å². The second kappa shape index (κ2) is 12.7. The van der Waals surface area contributed by atoms with Crippen molar-refractivity contribution < 1.29 is 28.6 Å². The van der Waals surface area contributed by atoms with Crippen molar-refractivity contribution in [2.75, 3.05) is 6.54 Å². The van der Waals surface area contributed by atoms with Crippen molar-refractivity contribution in [1.29, 1.82) is 0 Å². The number of esters is 2. The Morgan fingerprint density at radius 2 is 1.26 bits per heavy atom. The lowest BCUT2D eigenvalue weighted by atomic mass is 9.93. The number of hydrogen-bond acceptors (Lipinski definition) is 7. The van der Waals surface area contributed by atoms with E-state index < -0.39 is 29.2 Å². The molecule has 3 N–H and O–H groups in total. The first-order valence-corrected chi connectivity index (χ1v) is 11.3. The van der Waals surface area contributed by atoms with Crippen molar-refractivity contribution in [2.24, 2.45) is 5.73 Å². The minimum Gasteiger partial charge on any atom is -0.459 e. The third-order valence-electron chi connectivity index (χ3n) is 4.82. The summed E-state index contributed by atoms with van der Waals surface area (Å²) in [4.78, 5) is 37.5. The van der Waals surface area contributed by atoms with Gasteiger partial charge >= 0.3 is 18.0 Å². The third kappa shape index (κ3) is 9.23. The predicted molar refractivity (Wildman–Crippen MR) is 127 cm³/mol. The topological polar surface area (TPSA) is 117 Å². The summed E-state index contributed by atoms with van der Waals surface area (Å²) in [6, 6.07) is 18.2. The molecule has 0 aromatic heterocycles. The molecular formula is C26H34N2O6. The van der Waals surface area contributed by atoms with E-state index in [1.807, 2.05) is 60.7 Å². The van der Waals surface area contributed by atoms with Crippen LogP contribution < -0.4 is 11.1 Å². The van der Waals surface area contributed by atoms with Gasteiger partial charge in [0.05, 0.1) is 0 Å². The maximum Gasteiger partial charge on any atom is 0.407 e. The van der Waals surface area contributed by atoms with Gasteiger partial charge in [0.15, 0.2) is 0 Å². The maximum absolute atomic E-state index is 12.9. The fourth-order valence-electron chi connectivity index (χ4n) is 3.02. The summed E-state index contributed by atoms with van der Waals surface area (Å²) >= 11 is 0. The van der Waals surface area contributed by atoms with Gasteiger partial charge < -0.3 is 25.3 Å². The molecule has 0 saturated heterocycles. The second-order valence-corrected chi connectivity index (χ2v) is 8.98. The first-order chi connectivity index (χ1) is 16.1. The summed E-state index contributed by atoms with van der Waals surface area (Å²) < 4.78 is 15.9. The zero-order valence-electron chi connectivity index (χ0n) is 20.0. The molecule has 0 atom stereocenters. The monoisotopic (exact) mass is 470 g/mol. The summed E-state index contributed by atoms with van der Waals surface area (Å²) in [5, 5.41) is 2.64. The molecule has 0 aliphatic rings. The first-order valence-electron chi connectivity index (χ1n) is 11.3. The molecule has 2 aromatic carbocycles. The predicted octanol–water partition coefficient (Wildman–Crippen LogP) is 3.87. The molecule has 8 nitrogen and oxygen atoms in total. The van der Waals surface area contributed by atoms with Crippen molar-refractivity contribution in [3.63, 3.8) is 0 Å². The number of rotatable bonds is 11. The van der Waals surface area contributed by atoms with Crippen LogP contribution in [0.3, 0.4) is 0 Å². The summed E-state index contributed by atoms with van der Waals surface area (Å²) in [5.41, 5.74) is 5.27. The van der Waals surface area contributed by atoms with Crippen LogP contribution in [0.4, 0.5) is 4.79 Å². The molecule has 2 rings (SSSR count). The number of amides is 1. The van der Waals surface area contributed by atoms with E-state index in [0.29, 0.717) is 19.4 Å². The van der Waals surface area contributed by atoms with Gasteiger partial charge in [-0.25, -0.2) is 14.4 Å². The van der Waals surface area contributed by atoms with E-state index in [0.717, 1.165) is 11.1 Å². The zero-order valence-corrected chi connectivity index (χ0v) is 20.0. The summed E-state index contributed by atoms with van der Waals surface area (Å²) in [6.07, 6.45) is 0.337. The number of nitrogens with one attached hydrogen (secondary N) is 1. The molecule has 0 spiro atoms. The van der Waals surface area contributed by atoms with Gasteiger partial charge in [-0.3, -0.25) is 0 Å². The average molecular weight is 471 g/mol. The van der Waals surface area contributed by atoms with Crippen LogP contribution in [0.2, 0.25) is 0 Å². The fourth-order valence-corrected chi connectivity index (χ4v) is 3.02. The van der Waals surface area contributed by atoms with E-state index in [1.165, 1.54) is 0 Å². The largest absolute Gasteiger partial charge is 0.459 e. The molecule has 0 aliphatic carbocycles. The Hall–Kier alpha value is -3.39. The van der Waals surface area contributed by atoms with Crippen LogP contribution in [0, 0.1) is 0 Å². The molecule has 1 amide bonds. The SMILES string of the molecule is CC(C)(C)OC(=O)NCCCCC(N)(C(=O)OCc1ccccc1)C(=O)OCc1ccccc1. The van der Waals surface area contributed by atoms with Gasteiger partial charge in [0, 0.05) is 6.54 Å². The number of carbonyl (C=O) groups excluding carboxylic acids is 3. The molecule has 0 saturated carbocycles. The quantitative estimate of drug-likeness (QED) is 0.222. The summed E-state index contributed by atoms with van der Waals surface area (Å²) in [5.74, 6) is -1.70. The maximum atomic E-state index is 12.9. The molecular weight excluding hydrogens is 436 g/mol. The highest BCUT2D eigenvalue weighted by Gasteiger charge is 2.45. The molecule has 0 bridgehead atoms. The van der Waals surface area contributed by atoms with Crippen LogP contribution in [0.5, 0.6) is 0 Å². The minimum absolute atomic E-state index is 0.00421. The summed E-state index contributed by atoms with van der Waals surface area (Å²) in [7, 11) is 0. The van der Waals surface area contributed by atoms with E-state index >= 15 is 0 Å². The fraction of sp³-hybridized carbons (Fsp3) is 0.423. The van der Waals surface area contributed by atoms with Crippen molar-refractivity contribution >= 4 is 18.0 Å². The third-order valence-corrected chi connectivity index (χ3v) is 4.82. The molecule has 184 valence electrons. The van der Waals surface area contributed by atoms with E-state index in [-0.39, 0.29) is 19.6 Å². The number of hydrogen-bond donors (Lipinski definition) is 2. The number of benzene rings is 2. The van der Waals surface area contributed by atoms with Crippen molar-refractivity contribution in [3.8, 4) is 0 Å². The molecule has 0 radical (unpaired) electrons. The Morgan fingerprint density at radius 1 is 0.794 bits per heavy atom. The van der Waals surface area contributed by atoms with Crippen molar-refractivity contribution in [1.82, 2.24) is 5.32 Å². The average Bonchev–Trinajstić information content (AvgIpc) is 2.80. The molecule has 0 heterocycles. The number of unbranched alkanes of at least 4 members (excludes halogenated alkanes) is 1. The van der Waals surface area contributed by atoms with Crippen molar-refractivity contribution in [3.05, 3.63) is 71.8 Å². The smallest absolute Gasteiger partial charge is 0.407 e.